The highest BCUT2D eigenvalue weighted by Crippen LogP contribution is 2.13. The van der Waals surface area contributed by atoms with Gasteiger partial charge in [-0.2, -0.15) is 0 Å². The van der Waals surface area contributed by atoms with Crippen molar-refractivity contribution in [2.24, 2.45) is 5.73 Å². The van der Waals surface area contributed by atoms with Gasteiger partial charge in [0.25, 0.3) is 0 Å². The Kier molecular flexibility index (Phi) is 13.7. The molecule has 0 bridgehead atoms. The molecule has 0 fully saturated rings. The van der Waals surface area contributed by atoms with E-state index in [0.29, 0.717) is 0 Å². The van der Waals surface area contributed by atoms with Gasteiger partial charge in [-0.3, -0.25) is 19.2 Å². The van der Waals surface area contributed by atoms with Crippen molar-refractivity contribution >= 4 is 42.1 Å². The standard InChI is InChI=1S/C19H34N4O7.ClH/c1-18(2,3)29-16(27)8-7-12(17(28)30-19(4,5)6)23-15(26)11-22-14(25)10-21-13(24)9-20;/h12H,7-11,20H2,1-6H3,(H,21,24)(H,22,25)(H,23,26);1H/t12-;/m0./s1. The zero-order valence-electron chi connectivity index (χ0n) is 19.0. The second kappa shape index (κ2) is 13.8. The highest BCUT2D eigenvalue weighted by Gasteiger charge is 2.28. The molecule has 180 valence electrons. The fraction of sp³-hybridized carbons (Fsp3) is 0.737. The smallest absolute Gasteiger partial charge is 0.329 e. The Hall–Kier alpha value is -2.40. The van der Waals surface area contributed by atoms with Gasteiger partial charge in [0.15, 0.2) is 0 Å². The molecular weight excluding hydrogens is 432 g/mol. The maximum atomic E-state index is 12.4. The number of ether oxygens (including phenoxy) is 2. The molecule has 5 N–H and O–H groups in total. The fourth-order valence-electron chi connectivity index (χ4n) is 2.01. The molecule has 0 aromatic carbocycles. The van der Waals surface area contributed by atoms with Gasteiger partial charge >= 0.3 is 11.9 Å². The lowest BCUT2D eigenvalue weighted by molar-refractivity contribution is -0.160. The van der Waals surface area contributed by atoms with Crippen LogP contribution in [0.3, 0.4) is 0 Å². The summed E-state index contributed by atoms with van der Waals surface area (Å²) in [6.07, 6.45) is -0.144. The summed E-state index contributed by atoms with van der Waals surface area (Å²) in [5.41, 5.74) is 3.64. The molecule has 3 amide bonds. The zero-order valence-corrected chi connectivity index (χ0v) is 19.8. The van der Waals surface area contributed by atoms with Crippen molar-refractivity contribution in [3.05, 3.63) is 0 Å². The number of rotatable bonds is 10. The van der Waals surface area contributed by atoms with Crippen LogP contribution in [0.1, 0.15) is 54.4 Å². The average molecular weight is 467 g/mol. The lowest BCUT2D eigenvalue weighted by atomic mass is 10.1. The van der Waals surface area contributed by atoms with Crippen molar-refractivity contribution in [2.75, 3.05) is 19.6 Å². The Balaban J connectivity index is 0. The van der Waals surface area contributed by atoms with E-state index in [-0.39, 0.29) is 38.3 Å². The average Bonchev–Trinajstić information content (AvgIpc) is 2.58. The van der Waals surface area contributed by atoms with Crippen molar-refractivity contribution in [1.29, 1.82) is 0 Å². The predicted octanol–water partition coefficient (Wildman–Crippen LogP) is -0.452. The molecule has 0 spiro atoms. The van der Waals surface area contributed by atoms with Crippen molar-refractivity contribution in [1.82, 2.24) is 16.0 Å². The van der Waals surface area contributed by atoms with Gasteiger partial charge in [-0.1, -0.05) is 0 Å². The Morgan fingerprint density at radius 3 is 1.77 bits per heavy atom. The first kappa shape index (κ1) is 30.8. The molecule has 12 heteroatoms. The monoisotopic (exact) mass is 466 g/mol. The van der Waals surface area contributed by atoms with Crippen LogP contribution in [0.15, 0.2) is 0 Å². The van der Waals surface area contributed by atoms with E-state index in [0.717, 1.165) is 0 Å². The molecule has 0 rings (SSSR count). The van der Waals surface area contributed by atoms with E-state index < -0.39 is 53.4 Å². The third kappa shape index (κ3) is 17.0. The maximum absolute atomic E-state index is 12.4. The highest BCUT2D eigenvalue weighted by molar-refractivity contribution is 5.90. The summed E-state index contributed by atoms with van der Waals surface area (Å²) >= 11 is 0. The molecule has 1 atom stereocenters. The van der Waals surface area contributed by atoms with E-state index in [9.17, 15) is 24.0 Å². The number of nitrogens with two attached hydrogens (primary N) is 1. The van der Waals surface area contributed by atoms with Crippen LogP contribution in [0.4, 0.5) is 0 Å². The lowest BCUT2D eigenvalue weighted by Gasteiger charge is -2.25. The number of carbonyl (C=O) groups is 5. The van der Waals surface area contributed by atoms with E-state index in [1.54, 1.807) is 41.5 Å². The largest absolute Gasteiger partial charge is 0.460 e. The van der Waals surface area contributed by atoms with Crippen molar-refractivity contribution in [3.63, 3.8) is 0 Å². The zero-order chi connectivity index (χ0) is 23.5. The van der Waals surface area contributed by atoms with Crippen molar-refractivity contribution in [3.8, 4) is 0 Å². The molecule has 0 aromatic rings. The molecule has 0 saturated carbocycles. The number of carbonyl (C=O) groups excluding carboxylic acids is 5. The summed E-state index contributed by atoms with van der Waals surface area (Å²) in [7, 11) is 0. The number of hydrogen-bond acceptors (Lipinski definition) is 8. The Morgan fingerprint density at radius 1 is 0.806 bits per heavy atom. The predicted molar refractivity (Wildman–Crippen MR) is 115 cm³/mol. The number of halogens is 1. The first-order valence-electron chi connectivity index (χ1n) is 9.60. The third-order valence-corrected chi connectivity index (χ3v) is 3.16. The molecule has 31 heavy (non-hydrogen) atoms. The minimum Gasteiger partial charge on any atom is -0.460 e. The van der Waals surface area contributed by atoms with E-state index in [4.69, 9.17) is 15.2 Å². The van der Waals surface area contributed by atoms with E-state index in [2.05, 4.69) is 16.0 Å². The first-order chi connectivity index (χ1) is 13.6. The summed E-state index contributed by atoms with van der Waals surface area (Å²) in [5.74, 6) is -3.00. The van der Waals surface area contributed by atoms with Crippen LogP contribution in [-0.4, -0.2) is 66.5 Å². The van der Waals surface area contributed by atoms with Gasteiger partial charge in [0.1, 0.15) is 17.2 Å². The number of amides is 3. The summed E-state index contributed by atoms with van der Waals surface area (Å²) in [4.78, 5) is 59.1. The first-order valence-corrected chi connectivity index (χ1v) is 9.60. The molecule has 0 aliphatic carbocycles. The highest BCUT2D eigenvalue weighted by atomic mass is 35.5. The Labute approximate surface area is 188 Å². The number of nitrogens with one attached hydrogen (secondary N) is 3. The SMILES string of the molecule is CC(C)(C)OC(=O)CC[C@H](NC(=O)CNC(=O)CNC(=O)CN)C(=O)OC(C)(C)C.Cl. The molecule has 0 heterocycles. The molecular formula is C19H35ClN4O7. The van der Waals surface area contributed by atoms with Crippen LogP contribution in [0.5, 0.6) is 0 Å². The van der Waals surface area contributed by atoms with E-state index >= 15 is 0 Å². The van der Waals surface area contributed by atoms with Crippen LogP contribution >= 0.6 is 12.4 Å². The lowest BCUT2D eigenvalue weighted by Crippen LogP contribution is -2.49. The summed E-state index contributed by atoms with van der Waals surface area (Å²) in [6.45, 7) is 9.15. The summed E-state index contributed by atoms with van der Waals surface area (Å²) < 4.78 is 10.5. The quantitative estimate of drug-likeness (QED) is 0.314. The van der Waals surface area contributed by atoms with Crippen molar-refractivity contribution < 1.29 is 33.4 Å². The number of hydrogen-bond donors (Lipinski definition) is 4. The molecule has 0 radical (unpaired) electrons. The van der Waals surface area contributed by atoms with E-state index in [1.807, 2.05) is 0 Å². The normalized spacial score (nSPS) is 12.0. The maximum Gasteiger partial charge on any atom is 0.329 e. The van der Waals surface area contributed by atoms with Crippen molar-refractivity contribution in [2.45, 2.75) is 71.6 Å². The molecule has 0 unspecified atom stereocenters. The Bertz CT molecular complexity index is 642. The summed E-state index contributed by atoms with van der Waals surface area (Å²) in [5, 5.41) is 7.00. The van der Waals surface area contributed by atoms with Gasteiger partial charge in [0.2, 0.25) is 17.7 Å². The van der Waals surface area contributed by atoms with Crippen LogP contribution in [0, 0.1) is 0 Å². The van der Waals surface area contributed by atoms with Gasteiger partial charge in [0, 0.05) is 6.42 Å². The molecule has 11 nitrogen and oxygen atoms in total. The Morgan fingerprint density at radius 2 is 1.29 bits per heavy atom. The molecule has 0 aliphatic heterocycles. The number of esters is 2. The topological polar surface area (TPSA) is 166 Å². The van der Waals surface area contributed by atoms with Gasteiger partial charge in [0.05, 0.1) is 19.6 Å². The fourth-order valence-corrected chi connectivity index (χ4v) is 2.01. The minimum atomic E-state index is -1.10. The molecule has 0 saturated heterocycles. The van der Waals surface area contributed by atoms with Gasteiger partial charge < -0.3 is 31.2 Å². The molecule has 0 aromatic heterocycles. The van der Waals surface area contributed by atoms with Crippen LogP contribution in [-0.2, 0) is 33.4 Å². The minimum absolute atomic E-state index is 0. The van der Waals surface area contributed by atoms with Gasteiger partial charge in [-0.05, 0) is 48.0 Å². The summed E-state index contributed by atoms with van der Waals surface area (Å²) in [6, 6.07) is -1.10. The van der Waals surface area contributed by atoms with Crippen LogP contribution < -0.4 is 21.7 Å². The van der Waals surface area contributed by atoms with Gasteiger partial charge in [-0.25, -0.2) is 4.79 Å². The third-order valence-electron chi connectivity index (χ3n) is 3.16. The second-order valence-corrected chi connectivity index (χ2v) is 8.54. The van der Waals surface area contributed by atoms with E-state index in [1.165, 1.54) is 0 Å². The van der Waals surface area contributed by atoms with Crippen LogP contribution in [0.25, 0.3) is 0 Å². The van der Waals surface area contributed by atoms with Crippen LogP contribution in [0.2, 0.25) is 0 Å². The second-order valence-electron chi connectivity index (χ2n) is 8.54. The molecule has 0 aliphatic rings. The van der Waals surface area contributed by atoms with Gasteiger partial charge in [-0.15, -0.1) is 12.4 Å².